The minimum atomic E-state index is -0.280. The molecule has 30 heavy (non-hydrogen) atoms. The molecule has 0 aliphatic rings. The lowest BCUT2D eigenvalue weighted by molar-refractivity contribution is -0.114. The van der Waals surface area contributed by atoms with E-state index in [0.717, 1.165) is 11.1 Å². The molecule has 0 bridgehead atoms. The first-order valence-corrected chi connectivity index (χ1v) is 10.4. The highest BCUT2D eigenvalue weighted by Gasteiger charge is 2.18. The summed E-state index contributed by atoms with van der Waals surface area (Å²) in [5.74, 6) is 0.915. The van der Waals surface area contributed by atoms with Crippen LogP contribution in [0.3, 0.4) is 0 Å². The molecule has 152 valence electrons. The van der Waals surface area contributed by atoms with Crippen molar-refractivity contribution >= 4 is 35.3 Å². The number of nitrogens with zero attached hydrogens (tertiary/aromatic N) is 5. The van der Waals surface area contributed by atoms with E-state index in [1.165, 1.54) is 11.8 Å². The van der Waals surface area contributed by atoms with Gasteiger partial charge in [0.2, 0.25) is 5.91 Å². The Morgan fingerprint density at radius 1 is 1.13 bits per heavy atom. The second-order valence-corrected chi connectivity index (χ2v) is 7.69. The van der Waals surface area contributed by atoms with Gasteiger partial charge in [0, 0.05) is 5.56 Å². The quantitative estimate of drug-likeness (QED) is 0.432. The zero-order chi connectivity index (χ0) is 20.9. The van der Waals surface area contributed by atoms with Crippen LogP contribution in [0.4, 0.5) is 6.01 Å². The van der Waals surface area contributed by atoms with Gasteiger partial charge in [-0.15, -0.1) is 10.2 Å². The Bertz CT molecular complexity index is 1160. The topological polar surface area (TPSA) is 98.7 Å². The van der Waals surface area contributed by atoms with Gasteiger partial charge in [-0.1, -0.05) is 71.0 Å². The summed E-state index contributed by atoms with van der Waals surface area (Å²) in [6, 6.07) is 17.5. The number of aromatic nitrogens is 5. The largest absolute Gasteiger partial charge is 0.328 e. The first-order chi connectivity index (χ1) is 14.6. The van der Waals surface area contributed by atoms with Crippen LogP contribution in [0, 0.1) is 6.92 Å². The van der Waals surface area contributed by atoms with Crippen LogP contribution in [0.2, 0.25) is 5.02 Å². The van der Waals surface area contributed by atoms with Gasteiger partial charge in [0.15, 0.2) is 16.8 Å². The van der Waals surface area contributed by atoms with Crippen LogP contribution in [0.1, 0.15) is 11.4 Å². The van der Waals surface area contributed by atoms with E-state index >= 15 is 0 Å². The zero-order valence-corrected chi connectivity index (χ0v) is 17.5. The van der Waals surface area contributed by atoms with E-state index in [9.17, 15) is 4.79 Å². The van der Waals surface area contributed by atoms with Crippen LogP contribution in [-0.2, 0) is 11.3 Å². The first kappa shape index (κ1) is 20.1. The number of hydrogen-bond acceptors (Lipinski definition) is 7. The summed E-state index contributed by atoms with van der Waals surface area (Å²) in [6.07, 6.45) is 0. The van der Waals surface area contributed by atoms with Gasteiger partial charge in [0.25, 0.3) is 0 Å². The molecule has 2 heterocycles. The monoisotopic (exact) mass is 440 g/mol. The van der Waals surface area contributed by atoms with Gasteiger partial charge in [0.1, 0.15) is 0 Å². The van der Waals surface area contributed by atoms with Crippen LogP contribution >= 0.6 is 23.4 Å². The lowest BCUT2D eigenvalue weighted by Gasteiger charge is -2.11. The number of carbonyl (C=O) groups excluding carboxylic acids is 1. The summed E-state index contributed by atoms with van der Waals surface area (Å²) < 4.78 is 6.86. The molecule has 1 N–H and O–H groups in total. The third-order valence-electron chi connectivity index (χ3n) is 4.12. The Hall–Kier alpha value is -3.17. The number of anilines is 1. The van der Waals surface area contributed by atoms with Gasteiger partial charge in [-0.25, -0.2) is 0 Å². The van der Waals surface area contributed by atoms with Gasteiger partial charge < -0.3 is 4.52 Å². The van der Waals surface area contributed by atoms with E-state index in [4.69, 9.17) is 16.1 Å². The first-order valence-electron chi connectivity index (χ1n) is 9.05. The molecule has 10 heteroatoms. The summed E-state index contributed by atoms with van der Waals surface area (Å²) in [7, 11) is 0. The number of hydrogen-bond donors (Lipinski definition) is 1. The molecule has 0 fully saturated rings. The predicted octanol–water partition coefficient (Wildman–Crippen LogP) is 4.07. The second-order valence-electron chi connectivity index (χ2n) is 6.34. The smallest absolute Gasteiger partial charge is 0.315 e. The fourth-order valence-corrected chi connectivity index (χ4v) is 3.74. The predicted molar refractivity (Wildman–Crippen MR) is 114 cm³/mol. The second kappa shape index (κ2) is 9.10. The molecule has 0 saturated carbocycles. The van der Waals surface area contributed by atoms with Crippen molar-refractivity contribution in [3.8, 4) is 11.4 Å². The molecule has 0 atom stereocenters. The van der Waals surface area contributed by atoms with Gasteiger partial charge in [0.05, 0.1) is 17.3 Å². The average molecular weight is 441 g/mol. The number of carbonyl (C=O) groups is 1. The van der Waals surface area contributed by atoms with Crippen LogP contribution in [-0.4, -0.2) is 36.6 Å². The summed E-state index contributed by atoms with van der Waals surface area (Å²) >= 11 is 7.65. The highest BCUT2D eigenvalue weighted by molar-refractivity contribution is 7.99. The van der Waals surface area contributed by atoms with Gasteiger partial charge in [-0.05, 0) is 24.6 Å². The highest BCUT2D eigenvalue weighted by Crippen LogP contribution is 2.30. The number of amides is 1. The maximum Gasteiger partial charge on any atom is 0.328 e. The number of benzene rings is 2. The third kappa shape index (κ3) is 4.69. The van der Waals surface area contributed by atoms with Crippen molar-refractivity contribution in [1.82, 2.24) is 24.9 Å². The molecule has 2 aromatic carbocycles. The Morgan fingerprint density at radius 3 is 2.63 bits per heavy atom. The molecule has 4 aromatic rings. The molecule has 4 rings (SSSR count). The molecule has 0 aliphatic carbocycles. The van der Waals surface area contributed by atoms with Gasteiger partial charge in [-0.3, -0.25) is 14.7 Å². The SMILES string of the molecule is Cc1noc(NC(=O)CSc2nnc(-c3ccccc3Cl)n2Cc2ccccc2)n1. The minimum absolute atomic E-state index is 0.0700. The molecular formula is C20H17ClN6O2S. The summed E-state index contributed by atoms with van der Waals surface area (Å²) in [5, 5.41) is 16.0. The van der Waals surface area contributed by atoms with Crippen molar-refractivity contribution in [3.63, 3.8) is 0 Å². The lowest BCUT2D eigenvalue weighted by Crippen LogP contribution is -2.15. The Morgan fingerprint density at radius 2 is 1.90 bits per heavy atom. The molecule has 1 amide bonds. The number of thioether (sulfide) groups is 1. The molecular weight excluding hydrogens is 424 g/mol. The number of nitrogens with one attached hydrogen (secondary N) is 1. The van der Waals surface area contributed by atoms with Gasteiger partial charge in [-0.2, -0.15) is 4.98 Å². The van der Waals surface area contributed by atoms with Crippen molar-refractivity contribution in [3.05, 3.63) is 71.0 Å². The van der Waals surface area contributed by atoms with E-state index in [0.29, 0.717) is 28.4 Å². The summed E-state index contributed by atoms with van der Waals surface area (Å²) in [6.45, 7) is 2.22. The van der Waals surface area contributed by atoms with Crippen molar-refractivity contribution < 1.29 is 9.32 Å². The van der Waals surface area contributed by atoms with E-state index in [1.54, 1.807) is 6.92 Å². The van der Waals surface area contributed by atoms with Crippen LogP contribution in [0.15, 0.2) is 64.3 Å². The number of aryl methyl sites for hydroxylation is 1. The molecule has 0 unspecified atom stereocenters. The van der Waals surface area contributed by atoms with E-state index in [1.807, 2.05) is 59.2 Å². The third-order valence-corrected chi connectivity index (χ3v) is 5.42. The van der Waals surface area contributed by atoms with Gasteiger partial charge >= 0.3 is 6.01 Å². The Balaban J connectivity index is 1.57. The van der Waals surface area contributed by atoms with Crippen LogP contribution in [0.5, 0.6) is 0 Å². The maximum absolute atomic E-state index is 12.3. The maximum atomic E-state index is 12.3. The Kier molecular flexibility index (Phi) is 6.10. The Labute approximate surface area is 181 Å². The molecule has 0 radical (unpaired) electrons. The number of halogens is 1. The van der Waals surface area contributed by atoms with Crippen molar-refractivity contribution in [2.45, 2.75) is 18.6 Å². The standard InChI is InChI=1S/C20H17ClN6O2S/c1-13-22-19(29-26-13)23-17(28)12-30-20-25-24-18(15-9-5-6-10-16(15)21)27(20)11-14-7-3-2-4-8-14/h2-10H,11-12H2,1H3,(H,22,23,26,28). The summed E-state index contributed by atoms with van der Waals surface area (Å²) in [4.78, 5) is 16.2. The molecule has 0 saturated heterocycles. The van der Waals surface area contributed by atoms with E-state index in [-0.39, 0.29) is 17.7 Å². The summed E-state index contributed by atoms with van der Waals surface area (Å²) in [5.41, 5.74) is 1.86. The van der Waals surface area contributed by atoms with Crippen molar-refractivity contribution in [2.75, 3.05) is 11.1 Å². The number of rotatable bonds is 7. The highest BCUT2D eigenvalue weighted by atomic mass is 35.5. The molecule has 8 nitrogen and oxygen atoms in total. The molecule has 0 spiro atoms. The average Bonchev–Trinajstić information content (AvgIpc) is 3.33. The van der Waals surface area contributed by atoms with E-state index < -0.39 is 0 Å². The zero-order valence-electron chi connectivity index (χ0n) is 15.9. The van der Waals surface area contributed by atoms with Crippen molar-refractivity contribution in [2.24, 2.45) is 0 Å². The van der Waals surface area contributed by atoms with Crippen LogP contribution < -0.4 is 5.32 Å². The molecule has 2 aromatic heterocycles. The van der Waals surface area contributed by atoms with Crippen molar-refractivity contribution in [1.29, 1.82) is 0 Å². The molecule has 0 aliphatic heterocycles. The fourth-order valence-electron chi connectivity index (χ4n) is 2.78. The lowest BCUT2D eigenvalue weighted by atomic mass is 10.2. The fraction of sp³-hybridized carbons (Fsp3) is 0.150. The normalized spacial score (nSPS) is 10.9. The van der Waals surface area contributed by atoms with Crippen LogP contribution in [0.25, 0.3) is 11.4 Å². The van der Waals surface area contributed by atoms with E-state index in [2.05, 4.69) is 25.7 Å². The minimum Gasteiger partial charge on any atom is -0.315 e.